The topological polar surface area (TPSA) is 113 Å². The summed E-state index contributed by atoms with van der Waals surface area (Å²) in [4.78, 5) is 24.4. The summed E-state index contributed by atoms with van der Waals surface area (Å²) in [5.41, 5.74) is -0.408. The Morgan fingerprint density at radius 1 is 1.10 bits per heavy atom. The minimum Gasteiger partial charge on any atom is -0.353 e. The largest absolute Gasteiger partial charge is 0.353 e. The highest BCUT2D eigenvalue weighted by molar-refractivity contribution is 7.89. The lowest BCUT2D eigenvalue weighted by molar-refractivity contribution is -0.387. The third-order valence-corrected chi connectivity index (χ3v) is 7.58. The summed E-state index contributed by atoms with van der Waals surface area (Å²) in [5, 5.41) is 14.3. The zero-order valence-electron chi connectivity index (χ0n) is 16.5. The highest BCUT2D eigenvalue weighted by Gasteiger charge is 2.33. The van der Waals surface area contributed by atoms with Crippen LogP contribution in [-0.2, 0) is 14.8 Å². The third kappa shape index (κ3) is 5.52. The maximum Gasteiger partial charge on any atom is 0.289 e. The van der Waals surface area contributed by atoms with Crippen molar-refractivity contribution < 1.29 is 18.1 Å². The highest BCUT2D eigenvalue weighted by atomic mass is 32.2. The number of hydrogen-bond donors (Lipinski definition) is 1. The molecular weight excluding hydrogens is 396 g/mol. The van der Waals surface area contributed by atoms with Gasteiger partial charge in [0, 0.05) is 51.3 Å². The molecule has 1 N–H and O–H groups in total. The van der Waals surface area contributed by atoms with Crippen LogP contribution in [0.15, 0.2) is 29.2 Å². The average molecular weight is 425 g/mol. The van der Waals surface area contributed by atoms with E-state index in [1.165, 1.54) is 47.8 Å². The molecule has 2 aliphatic rings. The van der Waals surface area contributed by atoms with E-state index < -0.39 is 20.6 Å². The smallest absolute Gasteiger partial charge is 0.289 e. The van der Waals surface area contributed by atoms with Crippen molar-refractivity contribution in [3.8, 4) is 0 Å². The number of carbonyl (C=O) groups is 1. The fourth-order valence-electron chi connectivity index (χ4n) is 3.97. The van der Waals surface area contributed by atoms with Crippen molar-refractivity contribution in [2.45, 2.75) is 49.5 Å². The van der Waals surface area contributed by atoms with Crippen molar-refractivity contribution >= 4 is 21.6 Å². The van der Waals surface area contributed by atoms with Gasteiger partial charge in [0.1, 0.15) is 0 Å². The van der Waals surface area contributed by atoms with Gasteiger partial charge in [0.2, 0.25) is 15.9 Å². The number of hydrogen-bond acceptors (Lipinski definition) is 6. The molecule has 29 heavy (non-hydrogen) atoms. The number of sulfonamides is 1. The second-order valence-electron chi connectivity index (χ2n) is 7.62. The lowest BCUT2D eigenvalue weighted by Gasteiger charge is -2.33. The molecular formula is C19H28N4O5S. The molecule has 1 saturated carbocycles. The molecule has 160 valence electrons. The number of nitrogens with zero attached hydrogens (tertiary/aromatic N) is 3. The van der Waals surface area contributed by atoms with Crippen LogP contribution in [0.3, 0.4) is 0 Å². The van der Waals surface area contributed by atoms with Crippen molar-refractivity contribution in [1.82, 2.24) is 14.5 Å². The van der Waals surface area contributed by atoms with E-state index in [4.69, 9.17) is 0 Å². The predicted molar refractivity (Wildman–Crippen MR) is 108 cm³/mol. The Hall–Kier alpha value is -2.04. The van der Waals surface area contributed by atoms with Gasteiger partial charge >= 0.3 is 0 Å². The van der Waals surface area contributed by atoms with Gasteiger partial charge in [0.25, 0.3) is 5.69 Å². The second kappa shape index (κ2) is 9.64. The van der Waals surface area contributed by atoms with Crippen molar-refractivity contribution in [2.24, 2.45) is 0 Å². The Balaban J connectivity index is 1.50. The number of carbonyl (C=O) groups excluding carboxylic acids is 1. The molecule has 0 atom stereocenters. The van der Waals surface area contributed by atoms with Crippen LogP contribution in [-0.4, -0.2) is 67.2 Å². The molecule has 1 aromatic rings. The van der Waals surface area contributed by atoms with Gasteiger partial charge in [-0.15, -0.1) is 0 Å². The molecule has 0 unspecified atom stereocenters. The van der Waals surface area contributed by atoms with E-state index >= 15 is 0 Å². The number of piperazine rings is 1. The maximum absolute atomic E-state index is 12.8. The fourth-order valence-corrected chi connectivity index (χ4v) is 5.54. The van der Waals surface area contributed by atoms with Gasteiger partial charge in [0.05, 0.1) is 4.92 Å². The van der Waals surface area contributed by atoms with Gasteiger partial charge in [-0.05, 0) is 18.9 Å². The molecule has 1 aliphatic heterocycles. The van der Waals surface area contributed by atoms with Gasteiger partial charge in [-0.3, -0.25) is 14.9 Å². The highest BCUT2D eigenvalue weighted by Crippen LogP contribution is 2.27. The van der Waals surface area contributed by atoms with Crippen LogP contribution >= 0.6 is 0 Å². The zero-order valence-corrected chi connectivity index (χ0v) is 17.3. The number of nitro benzene ring substituents is 1. The minimum absolute atomic E-state index is 0.0480. The Morgan fingerprint density at radius 2 is 1.76 bits per heavy atom. The van der Waals surface area contributed by atoms with Crippen molar-refractivity contribution in [1.29, 1.82) is 0 Å². The SMILES string of the molecule is O=C(CCN1CCN(S(=O)(=O)c2ccccc2[N+](=O)[O-])CC1)NC1CCCCC1. The number of amides is 1. The molecule has 0 spiro atoms. The summed E-state index contributed by atoms with van der Waals surface area (Å²) >= 11 is 0. The van der Waals surface area contributed by atoms with E-state index in [2.05, 4.69) is 10.2 Å². The molecule has 1 heterocycles. The van der Waals surface area contributed by atoms with E-state index in [1.807, 2.05) is 0 Å². The molecule has 1 aromatic carbocycles. The van der Waals surface area contributed by atoms with Crippen LogP contribution in [0.5, 0.6) is 0 Å². The van der Waals surface area contributed by atoms with Gasteiger partial charge in [0.15, 0.2) is 4.90 Å². The Morgan fingerprint density at radius 3 is 2.41 bits per heavy atom. The fraction of sp³-hybridized carbons (Fsp3) is 0.632. The van der Waals surface area contributed by atoms with E-state index in [9.17, 15) is 23.3 Å². The lowest BCUT2D eigenvalue weighted by Crippen LogP contribution is -2.49. The summed E-state index contributed by atoms with van der Waals surface area (Å²) < 4.78 is 27.0. The van der Waals surface area contributed by atoms with Crippen molar-refractivity contribution in [2.75, 3.05) is 32.7 Å². The normalized spacial score (nSPS) is 19.7. The lowest BCUT2D eigenvalue weighted by atomic mass is 9.95. The molecule has 0 bridgehead atoms. The third-order valence-electron chi connectivity index (χ3n) is 5.64. The first-order valence-electron chi connectivity index (χ1n) is 10.1. The molecule has 0 radical (unpaired) electrons. The van der Waals surface area contributed by atoms with Gasteiger partial charge in [-0.1, -0.05) is 31.4 Å². The molecule has 0 aromatic heterocycles. The van der Waals surface area contributed by atoms with Crippen molar-refractivity contribution in [3.05, 3.63) is 34.4 Å². The molecule has 1 saturated heterocycles. The van der Waals surface area contributed by atoms with Crippen LogP contribution in [0.1, 0.15) is 38.5 Å². The molecule has 10 heteroatoms. The number of nitro groups is 1. The quantitative estimate of drug-likeness (QED) is 0.527. The summed E-state index contributed by atoms with van der Waals surface area (Å²) in [6.45, 7) is 2.07. The maximum atomic E-state index is 12.8. The van der Waals surface area contributed by atoms with Crippen LogP contribution in [0, 0.1) is 10.1 Å². The van der Waals surface area contributed by atoms with Crippen LogP contribution in [0.25, 0.3) is 0 Å². The first-order valence-corrected chi connectivity index (χ1v) is 11.6. The second-order valence-corrected chi connectivity index (χ2v) is 9.53. The predicted octanol–water partition coefficient (Wildman–Crippen LogP) is 1.74. The van der Waals surface area contributed by atoms with Crippen molar-refractivity contribution in [3.63, 3.8) is 0 Å². The summed E-state index contributed by atoms with van der Waals surface area (Å²) in [6.07, 6.45) is 6.07. The zero-order chi connectivity index (χ0) is 20.9. The average Bonchev–Trinajstić information content (AvgIpc) is 2.73. The monoisotopic (exact) mass is 424 g/mol. The number of benzene rings is 1. The first-order chi connectivity index (χ1) is 13.9. The van der Waals surface area contributed by atoms with Crippen LogP contribution in [0.2, 0.25) is 0 Å². The van der Waals surface area contributed by atoms with E-state index in [0.29, 0.717) is 32.1 Å². The summed E-state index contributed by atoms with van der Waals surface area (Å²) in [6, 6.07) is 5.71. The first kappa shape index (κ1) is 21.7. The molecule has 2 fully saturated rings. The molecule has 9 nitrogen and oxygen atoms in total. The van der Waals surface area contributed by atoms with Crippen LogP contribution < -0.4 is 5.32 Å². The Bertz CT molecular complexity index is 831. The van der Waals surface area contributed by atoms with E-state index in [0.717, 1.165) is 12.8 Å². The Labute approximate surface area is 171 Å². The minimum atomic E-state index is -3.93. The molecule has 1 aliphatic carbocycles. The number of rotatable bonds is 7. The number of para-hydroxylation sites is 1. The van der Waals surface area contributed by atoms with Gasteiger partial charge in [-0.25, -0.2) is 8.42 Å². The summed E-state index contributed by atoms with van der Waals surface area (Å²) in [7, 11) is -3.93. The molecule has 3 rings (SSSR count). The van der Waals surface area contributed by atoms with Gasteiger partial charge < -0.3 is 10.2 Å². The Kier molecular flexibility index (Phi) is 7.20. The summed E-state index contributed by atoms with van der Waals surface area (Å²) in [5.74, 6) is 0.0480. The number of nitrogens with one attached hydrogen (secondary N) is 1. The van der Waals surface area contributed by atoms with E-state index in [1.54, 1.807) is 0 Å². The van der Waals surface area contributed by atoms with Gasteiger partial charge in [-0.2, -0.15) is 4.31 Å². The van der Waals surface area contributed by atoms with Crippen LogP contribution in [0.4, 0.5) is 5.69 Å². The standard InChI is InChI=1S/C19H28N4O5S/c24-19(20-16-6-2-1-3-7-16)10-11-21-12-14-22(15-13-21)29(27,28)18-9-5-4-8-17(18)23(25)26/h4-5,8-9,16H,1-3,6-7,10-15H2,(H,20,24). The molecule has 1 amide bonds. The van der Waals surface area contributed by atoms with E-state index in [-0.39, 0.29) is 23.9 Å².